The van der Waals surface area contributed by atoms with Gasteiger partial charge in [0, 0.05) is 5.56 Å². The highest BCUT2D eigenvalue weighted by Gasteiger charge is 2.44. The summed E-state index contributed by atoms with van der Waals surface area (Å²) < 4.78 is 5.82. The van der Waals surface area contributed by atoms with Crippen LogP contribution < -0.4 is 4.74 Å². The summed E-state index contributed by atoms with van der Waals surface area (Å²) in [5.74, 6) is 0.00843. The van der Waals surface area contributed by atoms with Crippen molar-refractivity contribution in [3.63, 3.8) is 0 Å². The monoisotopic (exact) mass is 262 g/mol. The summed E-state index contributed by atoms with van der Waals surface area (Å²) in [6.07, 6.45) is 3.41. The van der Waals surface area contributed by atoms with Crippen LogP contribution in [-0.2, 0) is 10.2 Å². The van der Waals surface area contributed by atoms with Gasteiger partial charge in [0.25, 0.3) is 0 Å². The van der Waals surface area contributed by atoms with Crippen molar-refractivity contribution in [2.75, 3.05) is 0 Å². The number of aryl methyl sites for hydroxylation is 1. The molecule has 1 fully saturated rings. The van der Waals surface area contributed by atoms with Gasteiger partial charge in [0.05, 0.1) is 11.5 Å². The molecule has 19 heavy (non-hydrogen) atoms. The molecule has 0 unspecified atom stereocenters. The minimum atomic E-state index is -0.754. The molecule has 0 atom stereocenters. The van der Waals surface area contributed by atoms with Gasteiger partial charge in [0.1, 0.15) is 5.75 Å². The largest absolute Gasteiger partial charge is 0.491 e. The molecule has 0 saturated heterocycles. The number of carboxylic acids is 1. The second-order valence-electron chi connectivity index (χ2n) is 5.76. The molecule has 3 nitrogen and oxygen atoms in total. The Balaban J connectivity index is 2.52. The molecular formula is C16H22O3. The van der Waals surface area contributed by atoms with Crippen molar-refractivity contribution in [3.05, 3.63) is 29.3 Å². The van der Waals surface area contributed by atoms with Crippen LogP contribution in [-0.4, -0.2) is 17.2 Å². The molecule has 1 saturated carbocycles. The van der Waals surface area contributed by atoms with Crippen LogP contribution in [0.25, 0.3) is 0 Å². The Labute approximate surface area is 114 Å². The second kappa shape index (κ2) is 5.24. The Hall–Kier alpha value is -1.51. The number of ether oxygens (including phenoxy) is 1. The third kappa shape index (κ3) is 2.60. The summed E-state index contributed by atoms with van der Waals surface area (Å²) in [5.41, 5.74) is 1.18. The molecule has 0 spiro atoms. The van der Waals surface area contributed by atoms with E-state index in [0.29, 0.717) is 12.8 Å². The predicted molar refractivity (Wildman–Crippen MR) is 74.7 cm³/mol. The van der Waals surface area contributed by atoms with Gasteiger partial charge in [-0.15, -0.1) is 0 Å². The van der Waals surface area contributed by atoms with Crippen LogP contribution in [0.2, 0.25) is 0 Å². The minimum absolute atomic E-state index is 0.0497. The summed E-state index contributed by atoms with van der Waals surface area (Å²) in [6.45, 7) is 5.92. The molecule has 104 valence electrons. The van der Waals surface area contributed by atoms with E-state index in [-0.39, 0.29) is 6.10 Å². The maximum atomic E-state index is 11.8. The van der Waals surface area contributed by atoms with Gasteiger partial charge in [0.2, 0.25) is 0 Å². The van der Waals surface area contributed by atoms with E-state index in [9.17, 15) is 9.90 Å². The summed E-state index contributed by atoms with van der Waals surface area (Å²) in [6, 6.07) is 5.87. The molecule has 0 bridgehead atoms. The maximum Gasteiger partial charge on any atom is 0.314 e. The normalized spacial score (nSPS) is 17.7. The number of carboxylic acid groups (broad SMARTS) is 1. The second-order valence-corrected chi connectivity index (χ2v) is 5.76. The molecule has 0 amide bonds. The van der Waals surface area contributed by atoms with Crippen LogP contribution >= 0.6 is 0 Å². The Morgan fingerprint density at radius 3 is 2.47 bits per heavy atom. The number of aliphatic carboxylic acids is 1. The lowest BCUT2D eigenvalue weighted by Crippen LogP contribution is -2.33. The van der Waals surface area contributed by atoms with E-state index < -0.39 is 11.4 Å². The van der Waals surface area contributed by atoms with Crippen LogP contribution in [0.5, 0.6) is 5.75 Å². The molecule has 0 heterocycles. The van der Waals surface area contributed by atoms with E-state index >= 15 is 0 Å². The van der Waals surface area contributed by atoms with Crippen LogP contribution in [0.1, 0.15) is 50.7 Å². The van der Waals surface area contributed by atoms with Crippen LogP contribution in [0, 0.1) is 6.92 Å². The highest BCUT2D eigenvalue weighted by atomic mass is 16.5. The van der Waals surface area contributed by atoms with E-state index in [1.165, 1.54) is 0 Å². The molecular weight excluding hydrogens is 240 g/mol. The minimum Gasteiger partial charge on any atom is -0.491 e. The molecule has 1 N–H and O–H groups in total. The first kappa shape index (κ1) is 13.9. The van der Waals surface area contributed by atoms with Crippen molar-refractivity contribution in [2.24, 2.45) is 0 Å². The molecule has 0 aromatic heterocycles. The number of benzene rings is 1. The Morgan fingerprint density at radius 2 is 1.95 bits per heavy atom. The first-order valence-electron chi connectivity index (χ1n) is 6.97. The third-order valence-electron chi connectivity index (χ3n) is 3.88. The van der Waals surface area contributed by atoms with E-state index in [2.05, 4.69) is 0 Å². The molecule has 1 aromatic carbocycles. The van der Waals surface area contributed by atoms with Gasteiger partial charge in [-0.05, 0) is 39.7 Å². The van der Waals surface area contributed by atoms with Gasteiger partial charge >= 0.3 is 5.97 Å². The highest BCUT2D eigenvalue weighted by molar-refractivity contribution is 5.83. The molecule has 1 aliphatic carbocycles. The van der Waals surface area contributed by atoms with Crippen molar-refractivity contribution in [1.82, 2.24) is 0 Å². The summed E-state index contributed by atoms with van der Waals surface area (Å²) in [4.78, 5) is 11.8. The van der Waals surface area contributed by atoms with Gasteiger partial charge in [-0.2, -0.15) is 0 Å². The van der Waals surface area contributed by atoms with Gasteiger partial charge in [0.15, 0.2) is 0 Å². The maximum absolute atomic E-state index is 11.8. The number of rotatable bonds is 4. The lowest BCUT2D eigenvalue weighted by Gasteiger charge is -2.28. The molecule has 3 heteroatoms. The van der Waals surface area contributed by atoms with E-state index in [4.69, 9.17) is 4.74 Å². The highest BCUT2D eigenvalue weighted by Crippen LogP contribution is 2.45. The Bertz CT molecular complexity index is 471. The van der Waals surface area contributed by atoms with Crippen LogP contribution in [0.15, 0.2) is 18.2 Å². The molecule has 0 radical (unpaired) electrons. The summed E-state index contributed by atoms with van der Waals surface area (Å²) in [5, 5.41) is 9.71. The third-order valence-corrected chi connectivity index (χ3v) is 3.88. The fourth-order valence-corrected chi connectivity index (χ4v) is 2.95. The first-order chi connectivity index (χ1) is 8.95. The van der Waals surface area contributed by atoms with Gasteiger partial charge in [-0.1, -0.05) is 30.5 Å². The lowest BCUT2D eigenvalue weighted by molar-refractivity contribution is -0.143. The van der Waals surface area contributed by atoms with Crippen molar-refractivity contribution in [1.29, 1.82) is 0 Å². The van der Waals surface area contributed by atoms with Gasteiger partial charge < -0.3 is 9.84 Å². The van der Waals surface area contributed by atoms with Crippen LogP contribution in [0.4, 0.5) is 0 Å². The average Bonchev–Trinajstić information content (AvgIpc) is 2.81. The lowest BCUT2D eigenvalue weighted by atomic mass is 9.78. The Kier molecular flexibility index (Phi) is 3.83. The fraction of sp³-hybridized carbons (Fsp3) is 0.562. The van der Waals surface area contributed by atoms with E-state index in [1.807, 2.05) is 39.0 Å². The zero-order chi connectivity index (χ0) is 14.0. The zero-order valence-electron chi connectivity index (χ0n) is 11.9. The fourth-order valence-electron chi connectivity index (χ4n) is 2.95. The standard InChI is InChI=1S/C16H22O3/c1-11(2)19-14-7-6-12(3)10-13(14)16(15(17)18)8-4-5-9-16/h6-7,10-11H,4-5,8-9H2,1-3H3,(H,17,18). The summed E-state index contributed by atoms with van der Waals surface area (Å²) in [7, 11) is 0. The topological polar surface area (TPSA) is 46.5 Å². The van der Waals surface area contributed by atoms with E-state index in [0.717, 1.165) is 29.7 Å². The SMILES string of the molecule is Cc1ccc(OC(C)C)c(C2(C(=O)O)CCCC2)c1. The predicted octanol–water partition coefficient (Wildman–Crippen LogP) is 3.68. The number of carbonyl (C=O) groups is 1. The quantitative estimate of drug-likeness (QED) is 0.900. The number of hydrogen-bond donors (Lipinski definition) is 1. The van der Waals surface area contributed by atoms with Crippen molar-refractivity contribution >= 4 is 5.97 Å². The van der Waals surface area contributed by atoms with Crippen molar-refractivity contribution in [2.45, 2.75) is 58.0 Å². The van der Waals surface area contributed by atoms with Crippen molar-refractivity contribution < 1.29 is 14.6 Å². The molecule has 1 aromatic rings. The van der Waals surface area contributed by atoms with Gasteiger partial charge in [-0.25, -0.2) is 0 Å². The zero-order valence-corrected chi connectivity index (χ0v) is 11.9. The Morgan fingerprint density at radius 1 is 1.32 bits per heavy atom. The number of hydrogen-bond acceptors (Lipinski definition) is 2. The van der Waals surface area contributed by atoms with E-state index in [1.54, 1.807) is 0 Å². The molecule has 0 aliphatic heterocycles. The first-order valence-corrected chi connectivity index (χ1v) is 6.97. The van der Waals surface area contributed by atoms with Crippen LogP contribution in [0.3, 0.4) is 0 Å². The summed E-state index contributed by atoms with van der Waals surface area (Å²) >= 11 is 0. The molecule has 1 aliphatic rings. The smallest absolute Gasteiger partial charge is 0.314 e. The average molecular weight is 262 g/mol. The van der Waals surface area contributed by atoms with Gasteiger partial charge in [-0.3, -0.25) is 4.79 Å². The van der Waals surface area contributed by atoms with Crippen molar-refractivity contribution in [3.8, 4) is 5.75 Å². The molecule has 2 rings (SSSR count).